The summed E-state index contributed by atoms with van der Waals surface area (Å²) >= 11 is 0. The molecule has 1 heterocycles. The van der Waals surface area contributed by atoms with Crippen LogP contribution < -0.4 is 4.74 Å². The van der Waals surface area contributed by atoms with Gasteiger partial charge in [-0.25, -0.2) is 0 Å². The highest BCUT2D eigenvalue weighted by Gasteiger charge is 2.40. The third-order valence-corrected chi connectivity index (χ3v) is 4.59. The molecule has 1 aromatic rings. The summed E-state index contributed by atoms with van der Waals surface area (Å²) in [6, 6.07) is 8.11. The Kier molecular flexibility index (Phi) is 4.27. The molecule has 3 rings (SSSR count). The molecule has 1 aliphatic heterocycles. The van der Waals surface area contributed by atoms with Gasteiger partial charge in [0.25, 0.3) is 0 Å². The van der Waals surface area contributed by atoms with Crippen LogP contribution in [0.2, 0.25) is 0 Å². The maximum absolute atomic E-state index is 8.92. The number of aliphatic hydroxyl groups excluding tert-OH is 1. The third-order valence-electron chi connectivity index (χ3n) is 4.59. The topological polar surface area (TPSA) is 38.7 Å². The molecule has 1 atom stereocenters. The maximum atomic E-state index is 8.92. The molecular formula is C17H24O3. The van der Waals surface area contributed by atoms with Crippen molar-refractivity contribution in [3.63, 3.8) is 0 Å². The minimum atomic E-state index is 0.111. The molecule has 1 N–H and O–H groups in total. The standard InChI is InChI=1S/C17H24O3/c18-11-7-14-3-5-15(6-4-14)20-16-8-12-19-17(13-16)9-1-2-10-17/h3-6,16,18H,1-2,7-13H2. The molecule has 1 saturated heterocycles. The predicted octanol–water partition coefficient (Wildman–Crippen LogP) is 3.09. The van der Waals surface area contributed by atoms with E-state index in [0.717, 1.165) is 30.8 Å². The quantitative estimate of drug-likeness (QED) is 0.918. The molecular weight excluding hydrogens is 252 g/mol. The lowest BCUT2D eigenvalue weighted by Gasteiger charge is -2.38. The molecule has 0 aromatic heterocycles. The molecule has 20 heavy (non-hydrogen) atoms. The second kappa shape index (κ2) is 6.15. The smallest absolute Gasteiger partial charge is 0.119 e. The first-order chi connectivity index (χ1) is 9.80. The summed E-state index contributed by atoms with van der Waals surface area (Å²) in [5.41, 5.74) is 1.26. The third kappa shape index (κ3) is 3.15. The molecule has 3 heteroatoms. The van der Waals surface area contributed by atoms with E-state index in [1.54, 1.807) is 0 Å². The molecule has 1 saturated carbocycles. The predicted molar refractivity (Wildman–Crippen MR) is 78.0 cm³/mol. The van der Waals surface area contributed by atoms with Crippen molar-refractivity contribution in [1.82, 2.24) is 0 Å². The van der Waals surface area contributed by atoms with Crippen LogP contribution in [0, 0.1) is 0 Å². The van der Waals surface area contributed by atoms with Crippen LogP contribution in [0.25, 0.3) is 0 Å². The number of benzene rings is 1. The van der Waals surface area contributed by atoms with Gasteiger partial charge in [-0.2, -0.15) is 0 Å². The van der Waals surface area contributed by atoms with Crippen molar-refractivity contribution in [3.8, 4) is 5.75 Å². The molecule has 1 aliphatic carbocycles. The summed E-state index contributed by atoms with van der Waals surface area (Å²) in [5.74, 6) is 0.937. The number of hydrogen-bond donors (Lipinski definition) is 1. The first-order valence-electron chi connectivity index (χ1n) is 7.80. The fourth-order valence-corrected chi connectivity index (χ4v) is 3.51. The molecule has 0 radical (unpaired) electrons. The first-order valence-corrected chi connectivity index (χ1v) is 7.80. The van der Waals surface area contributed by atoms with Crippen molar-refractivity contribution < 1.29 is 14.6 Å². The van der Waals surface area contributed by atoms with Crippen LogP contribution in [-0.4, -0.2) is 30.0 Å². The Morgan fingerprint density at radius 3 is 2.65 bits per heavy atom. The van der Waals surface area contributed by atoms with E-state index < -0.39 is 0 Å². The van der Waals surface area contributed by atoms with Crippen molar-refractivity contribution in [3.05, 3.63) is 29.8 Å². The molecule has 2 aliphatic rings. The van der Waals surface area contributed by atoms with Crippen LogP contribution in [-0.2, 0) is 11.2 Å². The summed E-state index contributed by atoms with van der Waals surface area (Å²) < 4.78 is 12.2. The molecule has 0 amide bonds. The van der Waals surface area contributed by atoms with Gasteiger partial charge in [0, 0.05) is 19.4 Å². The average molecular weight is 276 g/mol. The highest BCUT2D eigenvalue weighted by Crippen LogP contribution is 2.40. The van der Waals surface area contributed by atoms with Crippen molar-refractivity contribution >= 4 is 0 Å². The molecule has 2 fully saturated rings. The van der Waals surface area contributed by atoms with E-state index in [0.29, 0.717) is 6.42 Å². The lowest BCUT2D eigenvalue weighted by molar-refractivity contribution is -0.108. The molecule has 0 bridgehead atoms. The van der Waals surface area contributed by atoms with E-state index in [2.05, 4.69) is 0 Å². The van der Waals surface area contributed by atoms with Crippen molar-refractivity contribution in [2.75, 3.05) is 13.2 Å². The van der Waals surface area contributed by atoms with E-state index in [1.807, 2.05) is 24.3 Å². The fourth-order valence-electron chi connectivity index (χ4n) is 3.51. The minimum Gasteiger partial charge on any atom is -0.490 e. The van der Waals surface area contributed by atoms with Crippen molar-refractivity contribution in [2.45, 2.75) is 56.7 Å². The monoisotopic (exact) mass is 276 g/mol. The summed E-state index contributed by atoms with van der Waals surface area (Å²) in [6.45, 7) is 1.02. The van der Waals surface area contributed by atoms with Gasteiger partial charge in [0.05, 0.1) is 12.2 Å². The minimum absolute atomic E-state index is 0.111. The van der Waals surface area contributed by atoms with Gasteiger partial charge in [0.1, 0.15) is 11.9 Å². The average Bonchev–Trinajstić information content (AvgIpc) is 2.89. The number of rotatable bonds is 4. The van der Waals surface area contributed by atoms with Gasteiger partial charge >= 0.3 is 0 Å². The molecule has 1 spiro atoms. The van der Waals surface area contributed by atoms with Crippen molar-refractivity contribution in [2.24, 2.45) is 0 Å². The maximum Gasteiger partial charge on any atom is 0.119 e. The van der Waals surface area contributed by atoms with Gasteiger partial charge in [-0.1, -0.05) is 25.0 Å². The lowest BCUT2D eigenvalue weighted by Crippen LogP contribution is -2.41. The Labute approximate surface area is 120 Å². The van der Waals surface area contributed by atoms with Crippen molar-refractivity contribution in [1.29, 1.82) is 0 Å². The van der Waals surface area contributed by atoms with Crippen LogP contribution >= 0.6 is 0 Å². The Balaban J connectivity index is 1.59. The Hall–Kier alpha value is -1.06. The Bertz CT molecular complexity index is 420. The SMILES string of the molecule is OCCc1ccc(OC2CCOC3(CCCC3)C2)cc1. The summed E-state index contributed by atoms with van der Waals surface area (Å²) in [5, 5.41) is 8.92. The number of ether oxygens (including phenoxy) is 2. The summed E-state index contributed by atoms with van der Waals surface area (Å²) in [4.78, 5) is 0. The van der Waals surface area contributed by atoms with E-state index in [1.165, 1.54) is 25.7 Å². The van der Waals surface area contributed by atoms with Gasteiger partial charge in [-0.15, -0.1) is 0 Å². The fraction of sp³-hybridized carbons (Fsp3) is 0.647. The van der Waals surface area contributed by atoms with Gasteiger partial charge < -0.3 is 14.6 Å². The largest absolute Gasteiger partial charge is 0.490 e. The number of hydrogen-bond acceptors (Lipinski definition) is 3. The Morgan fingerprint density at radius 2 is 1.95 bits per heavy atom. The highest BCUT2D eigenvalue weighted by atomic mass is 16.5. The van der Waals surface area contributed by atoms with Crippen LogP contribution in [0.1, 0.15) is 44.1 Å². The van der Waals surface area contributed by atoms with E-state index in [9.17, 15) is 0 Å². The zero-order valence-electron chi connectivity index (χ0n) is 12.0. The number of aliphatic hydroxyl groups is 1. The van der Waals surface area contributed by atoms with Gasteiger partial charge in [0.2, 0.25) is 0 Å². The molecule has 110 valence electrons. The van der Waals surface area contributed by atoms with Crippen LogP contribution in [0.15, 0.2) is 24.3 Å². The lowest BCUT2D eigenvalue weighted by atomic mass is 9.90. The normalized spacial score (nSPS) is 24.9. The van der Waals surface area contributed by atoms with Crippen LogP contribution in [0.4, 0.5) is 0 Å². The second-order valence-corrected chi connectivity index (χ2v) is 6.09. The zero-order chi connectivity index (χ0) is 13.8. The van der Waals surface area contributed by atoms with Gasteiger partial charge in [0.15, 0.2) is 0 Å². The van der Waals surface area contributed by atoms with E-state index in [4.69, 9.17) is 14.6 Å². The Morgan fingerprint density at radius 1 is 1.20 bits per heavy atom. The van der Waals surface area contributed by atoms with Gasteiger partial charge in [-0.05, 0) is 37.0 Å². The summed E-state index contributed by atoms with van der Waals surface area (Å²) in [7, 11) is 0. The molecule has 3 nitrogen and oxygen atoms in total. The molecule has 1 unspecified atom stereocenters. The van der Waals surface area contributed by atoms with Gasteiger partial charge in [-0.3, -0.25) is 0 Å². The van der Waals surface area contributed by atoms with Crippen LogP contribution in [0.5, 0.6) is 5.75 Å². The first kappa shape index (κ1) is 13.9. The summed E-state index contributed by atoms with van der Waals surface area (Å²) in [6.07, 6.45) is 7.99. The zero-order valence-corrected chi connectivity index (χ0v) is 12.0. The molecule has 1 aromatic carbocycles. The van der Waals surface area contributed by atoms with Crippen LogP contribution in [0.3, 0.4) is 0 Å². The highest BCUT2D eigenvalue weighted by molar-refractivity contribution is 5.27. The van der Waals surface area contributed by atoms with E-state index in [-0.39, 0.29) is 18.3 Å². The van der Waals surface area contributed by atoms with E-state index >= 15 is 0 Å². The second-order valence-electron chi connectivity index (χ2n) is 6.09.